The Labute approximate surface area is 204 Å². The molecular weight excluding hydrogens is 448 g/mol. The number of alkyl halides is 1. The summed E-state index contributed by atoms with van der Waals surface area (Å²) in [6.45, 7) is 6.54. The van der Waals surface area contributed by atoms with Crippen molar-refractivity contribution >= 4 is 5.91 Å². The van der Waals surface area contributed by atoms with Gasteiger partial charge in [-0.3, -0.25) is 9.89 Å². The molecule has 0 spiro atoms. The Morgan fingerprint density at radius 2 is 2.09 bits per heavy atom. The van der Waals surface area contributed by atoms with Gasteiger partial charge < -0.3 is 10.6 Å². The van der Waals surface area contributed by atoms with E-state index in [-0.39, 0.29) is 28.4 Å². The molecule has 4 rings (SSSR count). The first-order chi connectivity index (χ1) is 16.6. The van der Waals surface area contributed by atoms with Crippen LogP contribution in [0.3, 0.4) is 0 Å². The topological polar surface area (TPSA) is 98.8 Å². The molecule has 1 amide bonds. The zero-order chi connectivity index (χ0) is 25.4. The van der Waals surface area contributed by atoms with E-state index < -0.39 is 28.7 Å². The van der Waals surface area contributed by atoms with E-state index in [1.807, 2.05) is 20.8 Å². The number of nitrogens with two attached hydrogens (primary N) is 1. The Morgan fingerprint density at radius 3 is 2.80 bits per heavy atom. The first kappa shape index (κ1) is 24.8. The third-order valence-electron chi connectivity index (χ3n) is 6.88. The van der Waals surface area contributed by atoms with Crippen LogP contribution in [0.15, 0.2) is 48.2 Å². The van der Waals surface area contributed by atoms with Crippen molar-refractivity contribution < 1.29 is 13.6 Å². The van der Waals surface area contributed by atoms with Crippen LogP contribution in [-0.4, -0.2) is 46.3 Å². The molecule has 0 bridgehead atoms. The molecule has 2 heterocycles. The van der Waals surface area contributed by atoms with Crippen LogP contribution in [0.1, 0.15) is 51.3 Å². The second kappa shape index (κ2) is 9.38. The van der Waals surface area contributed by atoms with Gasteiger partial charge in [0.05, 0.1) is 23.5 Å². The molecule has 0 saturated carbocycles. The van der Waals surface area contributed by atoms with Crippen LogP contribution < -0.4 is 5.73 Å². The van der Waals surface area contributed by atoms with Gasteiger partial charge in [0, 0.05) is 30.3 Å². The summed E-state index contributed by atoms with van der Waals surface area (Å²) in [6.07, 6.45) is 6.25. The summed E-state index contributed by atoms with van der Waals surface area (Å²) >= 11 is 0. The summed E-state index contributed by atoms with van der Waals surface area (Å²) in [5.74, 6) is -0.919. The maximum atomic E-state index is 16.2. The lowest BCUT2D eigenvalue weighted by Gasteiger charge is -2.33. The first-order valence-corrected chi connectivity index (χ1v) is 11.9. The number of hydrogen-bond donors (Lipinski definition) is 2. The predicted octanol–water partition coefficient (Wildman–Crippen LogP) is 4.45. The summed E-state index contributed by atoms with van der Waals surface area (Å²) in [5, 5.41) is 17.0. The predicted molar refractivity (Wildman–Crippen MR) is 130 cm³/mol. The molecule has 2 aromatic rings. The number of H-pyrrole nitrogens is 1. The lowest BCUT2D eigenvalue weighted by molar-refractivity contribution is -0.128. The molecule has 1 aromatic heterocycles. The fourth-order valence-corrected chi connectivity index (χ4v) is 4.92. The van der Waals surface area contributed by atoms with Crippen LogP contribution in [0.4, 0.5) is 8.78 Å². The number of amides is 1. The molecule has 1 saturated heterocycles. The van der Waals surface area contributed by atoms with Crippen molar-refractivity contribution in [1.29, 1.82) is 5.26 Å². The molecule has 0 radical (unpaired) electrons. The molecule has 3 unspecified atom stereocenters. The number of hydrogen-bond acceptors (Lipinski definition) is 4. The van der Waals surface area contributed by atoms with Gasteiger partial charge in [0.15, 0.2) is 11.6 Å². The number of carbonyl (C=O) groups excluding carboxylic acids is 1. The van der Waals surface area contributed by atoms with E-state index in [0.29, 0.717) is 18.7 Å². The molecule has 1 aromatic carbocycles. The van der Waals surface area contributed by atoms with Crippen LogP contribution >= 0.6 is 0 Å². The molecule has 1 aliphatic carbocycles. The summed E-state index contributed by atoms with van der Waals surface area (Å²) in [7, 11) is 0. The zero-order valence-corrected chi connectivity index (χ0v) is 20.3. The van der Waals surface area contributed by atoms with Crippen molar-refractivity contribution in [2.75, 3.05) is 13.1 Å². The van der Waals surface area contributed by atoms with Crippen molar-refractivity contribution in [2.45, 2.75) is 63.1 Å². The number of nitriles is 1. The van der Waals surface area contributed by atoms with Crippen molar-refractivity contribution in [1.82, 2.24) is 15.1 Å². The van der Waals surface area contributed by atoms with E-state index in [2.05, 4.69) is 16.3 Å². The Morgan fingerprint density at radius 1 is 1.31 bits per heavy atom. The Bertz CT molecular complexity index is 1220. The third kappa shape index (κ3) is 4.41. The average molecular weight is 480 g/mol. The Balaban J connectivity index is 1.75. The number of aromatic nitrogens is 2. The fraction of sp³-hybridized carbons (Fsp3) is 0.444. The Kier molecular flexibility index (Phi) is 6.65. The van der Waals surface area contributed by atoms with Crippen LogP contribution in [0.5, 0.6) is 0 Å². The third-order valence-corrected chi connectivity index (χ3v) is 6.88. The largest absolute Gasteiger partial charge is 0.337 e. The van der Waals surface area contributed by atoms with E-state index in [4.69, 9.17) is 5.73 Å². The van der Waals surface area contributed by atoms with Crippen molar-refractivity contribution in [3.05, 3.63) is 65.3 Å². The number of rotatable bonds is 3. The highest BCUT2D eigenvalue weighted by Crippen LogP contribution is 2.43. The maximum Gasteiger partial charge on any atom is 0.252 e. The minimum absolute atomic E-state index is 0.111. The van der Waals surface area contributed by atoms with Crippen LogP contribution in [0.2, 0.25) is 0 Å². The number of allylic oxidation sites excluding steroid dienone is 3. The first-order valence-electron chi connectivity index (χ1n) is 11.9. The van der Waals surface area contributed by atoms with E-state index in [1.165, 1.54) is 24.4 Å². The van der Waals surface area contributed by atoms with Gasteiger partial charge in [-0.15, -0.1) is 0 Å². The van der Waals surface area contributed by atoms with Crippen LogP contribution in [0.25, 0.3) is 11.1 Å². The highest BCUT2D eigenvalue weighted by Gasteiger charge is 2.48. The molecule has 6 nitrogen and oxygen atoms in total. The molecule has 3 N–H and O–H groups in total. The SMILES string of the molecule is CC(C)(C)c1cccc(-c2cn[nH]c2C2(C#N)C=CC=C(C(=O)N3CCCCC(N)C3)C2F)c1F. The van der Waals surface area contributed by atoms with Gasteiger partial charge in [-0.2, -0.15) is 10.4 Å². The van der Waals surface area contributed by atoms with Gasteiger partial charge in [0.2, 0.25) is 0 Å². The second-order valence-electron chi connectivity index (χ2n) is 10.4. The van der Waals surface area contributed by atoms with Gasteiger partial charge in [0.25, 0.3) is 5.91 Å². The van der Waals surface area contributed by atoms with Gasteiger partial charge in [-0.1, -0.05) is 63.6 Å². The van der Waals surface area contributed by atoms with E-state index >= 15 is 8.78 Å². The quantitative estimate of drug-likeness (QED) is 0.680. The minimum atomic E-state index is -1.97. The monoisotopic (exact) mass is 479 g/mol. The molecular formula is C27H31F2N5O. The standard InChI is InChI=1S/C27H31F2N5O/c1-26(2,3)21-11-6-9-18(22(21)28)20-14-32-33-24(20)27(16-30)12-7-10-19(23(27)29)25(35)34-13-5-4-8-17(31)15-34/h6-7,9-12,14,17,23H,4-5,8,13,15,31H2,1-3H3,(H,32,33). The summed E-state index contributed by atoms with van der Waals surface area (Å²) < 4.78 is 31.8. The van der Waals surface area contributed by atoms with E-state index in [9.17, 15) is 10.1 Å². The minimum Gasteiger partial charge on any atom is -0.337 e. The van der Waals surface area contributed by atoms with Gasteiger partial charge in [0.1, 0.15) is 5.82 Å². The highest BCUT2D eigenvalue weighted by atomic mass is 19.1. The number of halogens is 2. The number of carbonyl (C=O) groups is 1. The van der Waals surface area contributed by atoms with Gasteiger partial charge in [-0.25, -0.2) is 8.78 Å². The van der Waals surface area contributed by atoms with Gasteiger partial charge in [-0.05, 0) is 23.8 Å². The lowest BCUT2D eigenvalue weighted by Crippen LogP contribution is -2.46. The molecule has 3 atom stereocenters. The molecule has 1 aliphatic heterocycles. The normalized spacial score (nSPS) is 25.1. The van der Waals surface area contributed by atoms with E-state index in [1.54, 1.807) is 23.1 Å². The number of nitrogens with zero attached hydrogens (tertiary/aromatic N) is 3. The molecule has 8 heteroatoms. The fourth-order valence-electron chi connectivity index (χ4n) is 4.92. The zero-order valence-electron chi connectivity index (χ0n) is 20.3. The molecule has 2 aliphatic rings. The van der Waals surface area contributed by atoms with Crippen molar-refractivity contribution in [3.63, 3.8) is 0 Å². The lowest BCUT2D eigenvalue weighted by atomic mass is 9.73. The number of likely N-dealkylation sites (tertiary alicyclic amines) is 1. The number of aromatic amines is 1. The number of nitrogens with one attached hydrogen (secondary N) is 1. The molecule has 1 fully saturated rings. The Hall–Kier alpha value is -3.31. The average Bonchev–Trinajstić information content (AvgIpc) is 3.20. The van der Waals surface area contributed by atoms with E-state index in [0.717, 1.165) is 19.3 Å². The van der Waals surface area contributed by atoms with Crippen molar-refractivity contribution in [2.24, 2.45) is 5.73 Å². The summed E-state index contributed by atoms with van der Waals surface area (Å²) in [4.78, 5) is 14.9. The molecule has 184 valence electrons. The number of benzene rings is 1. The summed E-state index contributed by atoms with van der Waals surface area (Å²) in [6, 6.07) is 6.92. The van der Waals surface area contributed by atoms with Crippen LogP contribution in [0, 0.1) is 17.1 Å². The van der Waals surface area contributed by atoms with Crippen molar-refractivity contribution in [3.8, 4) is 17.2 Å². The van der Waals surface area contributed by atoms with Gasteiger partial charge >= 0.3 is 0 Å². The smallest absolute Gasteiger partial charge is 0.252 e. The second-order valence-corrected chi connectivity index (χ2v) is 10.4. The summed E-state index contributed by atoms with van der Waals surface area (Å²) in [5.41, 5.74) is 4.77. The highest BCUT2D eigenvalue weighted by molar-refractivity contribution is 5.96. The molecule has 35 heavy (non-hydrogen) atoms. The maximum absolute atomic E-state index is 16.2. The van der Waals surface area contributed by atoms with Crippen LogP contribution in [-0.2, 0) is 15.6 Å².